The van der Waals surface area contributed by atoms with Crippen molar-refractivity contribution in [3.05, 3.63) is 29.9 Å². The Bertz CT molecular complexity index is 841. The number of hydrogen-bond donors (Lipinski definition) is 0. The molecule has 2 aromatic rings. The summed E-state index contributed by atoms with van der Waals surface area (Å²) in [5.74, 6) is 0.321. The average molecular weight is 353 g/mol. The Morgan fingerprint density at radius 3 is 2.67 bits per heavy atom. The maximum absolute atomic E-state index is 12.6. The van der Waals surface area contributed by atoms with Crippen LogP contribution in [-0.2, 0) is 17.1 Å². The third-order valence-electron chi connectivity index (χ3n) is 3.91. The number of aromatic nitrogens is 3. The second-order valence-electron chi connectivity index (χ2n) is 5.72. The summed E-state index contributed by atoms with van der Waals surface area (Å²) < 4.78 is 33.1. The van der Waals surface area contributed by atoms with Gasteiger partial charge in [-0.1, -0.05) is 5.16 Å². The molecule has 0 unspecified atom stereocenters. The monoisotopic (exact) mass is 353 g/mol. The van der Waals surface area contributed by atoms with Crippen LogP contribution in [0.2, 0.25) is 0 Å². The zero-order valence-electron chi connectivity index (χ0n) is 13.5. The van der Waals surface area contributed by atoms with E-state index in [-0.39, 0.29) is 23.0 Å². The van der Waals surface area contributed by atoms with Crippen LogP contribution in [-0.4, -0.2) is 64.6 Å². The van der Waals surface area contributed by atoms with Crippen LogP contribution in [0.1, 0.15) is 22.7 Å². The van der Waals surface area contributed by atoms with Crippen molar-refractivity contribution in [3.8, 4) is 0 Å². The normalized spacial score (nSPS) is 17.0. The first-order chi connectivity index (χ1) is 11.4. The second-order valence-corrected chi connectivity index (χ2v) is 7.66. The molecule has 24 heavy (non-hydrogen) atoms. The van der Waals surface area contributed by atoms with Gasteiger partial charge in [0.25, 0.3) is 5.91 Å². The van der Waals surface area contributed by atoms with Crippen LogP contribution in [0.5, 0.6) is 0 Å². The lowest BCUT2D eigenvalue weighted by molar-refractivity contribution is 0.0754. The van der Waals surface area contributed by atoms with E-state index in [1.54, 1.807) is 24.9 Å². The molecule has 0 atom stereocenters. The molecule has 0 aliphatic carbocycles. The summed E-state index contributed by atoms with van der Waals surface area (Å²) >= 11 is 0. The molecule has 1 amide bonds. The van der Waals surface area contributed by atoms with Crippen molar-refractivity contribution in [1.82, 2.24) is 24.1 Å². The van der Waals surface area contributed by atoms with Gasteiger partial charge in [0.15, 0.2) is 5.69 Å². The molecule has 3 rings (SSSR count). The van der Waals surface area contributed by atoms with Crippen molar-refractivity contribution in [2.75, 3.05) is 26.2 Å². The maximum Gasteiger partial charge on any atom is 0.276 e. The van der Waals surface area contributed by atoms with Crippen LogP contribution in [0, 0.1) is 6.92 Å². The standard InChI is InChI=1S/C14H19N5O4S/c1-11-8-13(16-23-11)14(20)18-4-3-5-19(7-6-18)24(21,22)12-9-15-17(2)10-12/h8-10H,3-7H2,1-2H3. The highest BCUT2D eigenvalue weighted by molar-refractivity contribution is 7.89. The Morgan fingerprint density at radius 2 is 2.04 bits per heavy atom. The molecule has 0 bridgehead atoms. The third kappa shape index (κ3) is 3.20. The Balaban J connectivity index is 1.72. The lowest BCUT2D eigenvalue weighted by Crippen LogP contribution is -2.37. The predicted molar refractivity (Wildman–Crippen MR) is 83.7 cm³/mol. The van der Waals surface area contributed by atoms with Crippen molar-refractivity contribution in [2.45, 2.75) is 18.2 Å². The summed E-state index contributed by atoms with van der Waals surface area (Å²) in [4.78, 5) is 14.2. The minimum atomic E-state index is -3.60. The molecule has 130 valence electrons. The zero-order valence-corrected chi connectivity index (χ0v) is 14.4. The molecule has 0 N–H and O–H groups in total. The van der Waals surface area contributed by atoms with Crippen LogP contribution >= 0.6 is 0 Å². The highest BCUT2D eigenvalue weighted by Crippen LogP contribution is 2.18. The SMILES string of the molecule is Cc1cc(C(=O)N2CCCN(S(=O)(=O)c3cnn(C)c3)CC2)no1. The highest BCUT2D eigenvalue weighted by Gasteiger charge is 2.30. The van der Waals surface area contributed by atoms with Gasteiger partial charge in [-0.05, 0) is 13.3 Å². The summed E-state index contributed by atoms with van der Waals surface area (Å²) in [5, 5.41) is 7.64. The summed E-state index contributed by atoms with van der Waals surface area (Å²) in [6.07, 6.45) is 3.37. The minimum Gasteiger partial charge on any atom is -0.361 e. The van der Waals surface area contributed by atoms with E-state index >= 15 is 0 Å². The highest BCUT2D eigenvalue weighted by atomic mass is 32.2. The van der Waals surface area contributed by atoms with Crippen LogP contribution in [0.25, 0.3) is 0 Å². The molecular weight excluding hydrogens is 334 g/mol. The van der Waals surface area contributed by atoms with Gasteiger partial charge in [0.2, 0.25) is 10.0 Å². The fourth-order valence-electron chi connectivity index (χ4n) is 2.65. The lowest BCUT2D eigenvalue weighted by Gasteiger charge is -2.20. The van der Waals surface area contributed by atoms with E-state index in [1.165, 1.54) is 21.4 Å². The van der Waals surface area contributed by atoms with Gasteiger partial charge in [0, 0.05) is 45.5 Å². The Hall–Kier alpha value is -2.20. The molecule has 1 fully saturated rings. The first-order valence-corrected chi connectivity index (χ1v) is 9.03. The molecular formula is C14H19N5O4S. The molecule has 2 aromatic heterocycles. The zero-order chi connectivity index (χ0) is 17.3. The first-order valence-electron chi connectivity index (χ1n) is 7.59. The van der Waals surface area contributed by atoms with E-state index < -0.39 is 10.0 Å². The van der Waals surface area contributed by atoms with E-state index in [9.17, 15) is 13.2 Å². The number of rotatable bonds is 3. The molecule has 0 aromatic carbocycles. The molecule has 9 nitrogen and oxygen atoms in total. The van der Waals surface area contributed by atoms with Gasteiger partial charge in [-0.25, -0.2) is 8.42 Å². The Kier molecular flexibility index (Phi) is 4.41. The molecule has 0 spiro atoms. The average Bonchev–Trinajstić information content (AvgIpc) is 3.08. The largest absolute Gasteiger partial charge is 0.361 e. The van der Waals surface area contributed by atoms with Crippen LogP contribution < -0.4 is 0 Å². The summed E-state index contributed by atoms with van der Waals surface area (Å²) in [7, 11) is -1.93. The van der Waals surface area contributed by atoms with Crippen molar-refractivity contribution in [2.24, 2.45) is 7.05 Å². The Morgan fingerprint density at radius 1 is 1.25 bits per heavy atom. The number of nitrogens with zero attached hydrogens (tertiary/aromatic N) is 5. The van der Waals surface area contributed by atoms with Gasteiger partial charge in [-0.2, -0.15) is 9.40 Å². The van der Waals surface area contributed by atoms with E-state index in [1.807, 2.05) is 0 Å². The number of carbonyl (C=O) groups excluding carboxylic acids is 1. The van der Waals surface area contributed by atoms with Gasteiger partial charge < -0.3 is 9.42 Å². The van der Waals surface area contributed by atoms with E-state index in [0.717, 1.165) is 0 Å². The molecule has 1 aliphatic heterocycles. The number of aryl methyl sites for hydroxylation is 2. The second kappa shape index (κ2) is 6.36. The first kappa shape index (κ1) is 16.7. The molecule has 1 aliphatic rings. The van der Waals surface area contributed by atoms with Crippen molar-refractivity contribution in [3.63, 3.8) is 0 Å². The van der Waals surface area contributed by atoms with Gasteiger partial charge in [0.1, 0.15) is 10.7 Å². The molecule has 0 saturated carbocycles. The van der Waals surface area contributed by atoms with E-state index in [0.29, 0.717) is 31.8 Å². The number of sulfonamides is 1. The summed E-state index contributed by atoms with van der Waals surface area (Å²) in [6.45, 7) is 3.10. The number of hydrogen-bond acceptors (Lipinski definition) is 6. The molecule has 0 radical (unpaired) electrons. The molecule has 1 saturated heterocycles. The van der Waals surface area contributed by atoms with Gasteiger partial charge >= 0.3 is 0 Å². The van der Waals surface area contributed by atoms with Crippen molar-refractivity contribution in [1.29, 1.82) is 0 Å². The number of carbonyl (C=O) groups is 1. The summed E-state index contributed by atoms with van der Waals surface area (Å²) in [5.41, 5.74) is 0.246. The van der Waals surface area contributed by atoms with Crippen LogP contribution in [0.3, 0.4) is 0 Å². The third-order valence-corrected chi connectivity index (χ3v) is 5.76. The fourth-order valence-corrected chi connectivity index (χ4v) is 4.10. The van der Waals surface area contributed by atoms with Gasteiger partial charge in [-0.15, -0.1) is 0 Å². The van der Waals surface area contributed by atoms with Crippen LogP contribution in [0.15, 0.2) is 27.9 Å². The minimum absolute atomic E-state index is 0.164. The van der Waals surface area contributed by atoms with Crippen LogP contribution in [0.4, 0.5) is 0 Å². The predicted octanol–water partition coefficient (Wildman–Crippen LogP) is 0.253. The molecule has 3 heterocycles. The van der Waals surface area contributed by atoms with Crippen molar-refractivity contribution < 1.29 is 17.7 Å². The topological polar surface area (TPSA) is 102 Å². The number of amides is 1. The van der Waals surface area contributed by atoms with Gasteiger partial charge in [0.05, 0.1) is 6.20 Å². The van der Waals surface area contributed by atoms with E-state index in [2.05, 4.69) is 10.3 Å². The maximum atomic E-state index is 12.6. The molecule has 10 heteroatoms. The quantitative estimate of drug-likeness (QED) is 0.784. The lowest BCUT2D eigenvalue weighted by atomic mass is 10.3. The fraction of sp³-hybridized carbons (Fsp3) is 0.500. The Labute approximate surface area is 139 Å². The summed E-state index contributed by atoms with van der Waals surface area (Å²) in [6, 6.07) is 1.58. The van der Waals surface area contributed by atoms with Gasteiger partial charge in [-0.3, -0.25) is 9.48 Å². The van der Waals surface area contributed by atoms with E-state index in [4.69, 9.17) is 4.52 Å². The van der Waals surface area contributed by atoms with Crippen molar-refractivity contribution >= 4 is 15.9 Å². The smallest absolute Gasteiger partial charge is 0.276 e.